The second-order valence-electron chi connectivity index (χ2n) is 7.96. The van der Waals surface area contributed by atoms with E-state index >= 15 is 0 Å². The summed E-state index contributed by atoms with van der Waals surface area (Å²) in [5.74, 6) is 2.95. The number of anilines is 3. The number of furan rings is 1. The fraction of sp³-hybridized carbons (Fsp3) is 0.409. The Morgan fingerprint density at radius 2 is 1.77 bits per heavy atom. The Kier molecular flexibility index (Phi) is 5.47. The van der Waals surface area contributed by atoms with E-state index in [2.05, 4.69) is 35.3 Å². The first-order valence-corrected chi connectivity index (χ1v) is 10.8. The summed E-state index contributed by atoms with van der Waals surface area (Å²) < 4.78 is 5.36. The molecule has 0 unspecified atom stereocenters. The number of aromatic nitrogens is 4. The number of hydrogen-bond acceptors (Lipinski definition) is 8. The molecular formula is C22H25N7O2. The lowest BCUT2D eigenvalue weighted by Crippen LogP contribution is -2.38. The van der Waals surface area contributed by atoms with Gasteiger partial charge >= 0.3 is 0 Å². The lowest BCUT2D eigenvalue weighted by molar-refractivity contribution is -0.120. The molecule has 1 N–H and O–H groups in total. The van der Waals surface area contributed by atoms with Crippen LogP contribution in [0.3, 0.4) is 0 Å². The van der Waals surface area contributed by atoms with Crippen molar-refractivity contribution in [1.29, 1.82) is 0 Å². The molecule has 31 heavy (non-hydrogen) atoms. The summed E-state index contributed by atoms with van der Waals surface area (Å²) in [6.45, 7) is 3.54. The van der Waals surface area contributed by atoms with Gasteiger partial charge in [-0.2, -0.15) is 0 Å². The highest BCUT2D eigenvalue weighted by atomic mass is 16.3. The third-order valence-electron chi connectivity index (χ3n) is 5.95. The van der Waals surface area contributed by atoms with Gasteiger partial charge in [0, 0.05) is 38.2 Å². The first-order valence-electron chi connectivity index (χ1n) is 10.8. The molecule has 9 heteroatoms. The first kappa shape index (κ1) is 19.5. The Morgan fingerprint density at radius 1 is 0.968 bits per heavy atom. The number of carbonyl (C=O) groups excluding carboxylic acids is 1. The third-order valence-corrected chi connectivity index (χ3v) is 5.95. The second kappa shape index (κ2) is 8.71. The summed E-state index contributed by atoms with van der Waals surface area (Å²) in [6.07, 6.45) is 7.03. The van der Waals surface area contributed by atoms with E-state index in [1.54, 1.807) is 6.26 Å². The van der Waals surface area contributed by atoms with Crippen LogP contribution in [-0.4, -0.2) is 52.3 Å². The van der Waals surface area contributed by atoms with Gasteiger partial charge in [-0.25, -0.2) is 9.97 Å². The minimum atomic E-state index is -0.0446. The number of nitrogens with zero attached hydrogens (tertiary/aromatic N) is 6. The predicted molar refractivity (Wildman–Crippen MR) is 117 cm³/mol. The molecule has 5 rings (SSSR count). The van der Waals surface area contributed by atoms with Gasteiger partial charge in [0.05, 0.1) is 6.26 Å². The van der Waals surface area contributed by atoms with Crippen LogP contribution in [0.1, 0.15) is 25.7 Å². The fourth-order valence-electron chi connectivity index (χ4n) is 4.18. The molecule has 0 aliphatic carbocycles. The molecule has 0 aromatic carbocycles. The van der Waals surface area contributed by atoms with E-state index in [-0.39, 0.29) is 11.8 Å². The van der Waals surface area contributed by atoms with E-state index in [9.17, 15) is 4.79 Å². The van der Waals surface area contributed by atoms with Crippen LogP contribution in [0.15, 0.2) is 47.3 Å². The van der Waals surface area contributed by atoms with Gasteiger partial charge in [0.25, 0.3) is 0 Å². The highest BCUT2D eigenvalue weighted by molar-refractivity contribution is 5.92. The minimum absolute atomic E-state index is 0.0185. The van der Waals surface area contributed by atoms with Crippen LogP contribution >= 0.6 is 0 Å². The van der Waals surface area contributed by atoms with E-state index in [4.69, 9.17) is 4.42 Å². The van der Waals surface area contributed by atoms with Crippen LogP contribution in [0.25, 0.3) is 11.5 Å². The molecule has 160 valence electrons. The van der Waals surface area contributed by atoms with Crippen LogP contribution in [0, 0.1) is 5.92 Å². The van der Waals surface area contributed by atoms with E-state index in [1.165, 1.54) is 19.2 Å². The standard InChI is InChI=1S/C22H25N7O2/c30-22(25-19-14-21(24-15-23-19)28-9-1-2-10-28)16-7-11-29(12-8-16)20-6-5-17(26-27-20)18-4-3-13-31-18/h3-6,13-16H,1-2,7-12H2,(H,23,24,25,30). The summed E-state index contributed by atoms with van der Waals surface area (Å²) in [7, 11) is 0. The zero-order chi connectivity index (χ0) is 21.0. The van der Waals surface area contributed by atoms with E-state index in [0.717, 1.165) is 50.7 Å². The van der Waals surface area contributed by atoms with Gasteiger partial charge < -0.3 is 19.5 Å². The Labute approximate surface area is 180 Å². The topological polar surface area (TPSA) is 100 Å². The van der Waals surface area contributed by atoms with Crippen molar-refractivity contribution in [2.75, 3.05) is 41.3 Å². The summed E-state index contributed by atoms with van der Waals surface area (Å²) in [5, 5.41) is 11.6. The Morgan fingerprint density at radius 3 is 2.48 bits per heavy atom. The first-order chi connectivity index (χ1) is 15.3. The molecule has 0 spiro atoms. The zero-order valence-corrected chi connectivity index (χ0v) is 17.3. The summed E-state index contributed by atoms with van der Waals surface area (Å²) >= 11 is 0. The number of nitrogens with one attached hydrogen (secondary N) is 1. The van der Waals surface area contributed by atoms with Crippen molar-refractivity contribution in [2.24, 2.45) is 5.92 Å². The third kappa shape index (κ3) is 4.35. The number of piperidine rings is 1. The van der Waals surface area contributed by atoms with Crippen molar-refractivity contribution >= 4 is 23.4 Å². The molecule has 2 fully saturated rings. The smallest absolute Gasteiger partial charge is 0.228 e. The summed E-state index contributed by atoms with van der Waals surface area (Å²) in [5.41, 5.74) is 0.709. The van der Waals surface area contributed by atoms with Crippen molar-refractivity contribution < 1.29 is 9.21 Å². The molecule has 9 nitrogen and oxygen atoms in total. The van der Waals surface area contributed by atoms with Crippen molar-refractivity contribution in [2.45, 2.75) is 25.7 Å². The van der Waals surface area contributed by atoms with Gasteiger partial charge in [-0.1, -0.05) is 0 Å². The molecule has 2 saturated heterocycles. The van der Waals surface area contributed by atoms with Gasteiger partial charge in [-0.05, 0) is 49.9 Å². The maximum atomic E-state index is 12.8. The zero-order valence-electron chi connectivity index (χ0n) is 17.3. The molecule has 0 saturated carbocycles. The van der Waals surface area contributed by atoms with Gasteiger partial charge in [-0.15, -0.1) is 10.2 Å². The maximum Gasteiger partial charge on any atom is 0.228 e. The lowest BCUT2D eigenvalue weighted by atomic mass is 9.96. The van der Waals surface area contributed by atoms with Crippen LogP contribution < -0.4 is 15.1 Å². The largest absolute Gasteiger partial charge is 0.463 e. The molecule has 5 heterocycles. The molecule has 1 amide bonds. The Balaban J connectivity index is 1.16. The minimum Gasteiger partial charge on any atom is -0.463 e. The Hall–Kier alpha value is -3.49. The Bertz CT molecular complexity index is 1010. The van der Waals surface area contributed by atoms with Crippen molar-refractivity contribution in [1.82, 2.24) is 20.2 Å². The monoisotopic (exact) mass is 419 g/mol. The molecule has 0 radical (unpaired) electrons. The fourth-order valence-corrected chi connectivity index (χ4v) is 4.18. The van der Waals surface area contributed by atoms with Gasteiger partial charge in [0.15, 0.2) is 11.6 Å². The molecule has 0 bridgehead atoms. The van der Waals surface area contributed by atoms with Gasteiger partial charge in [0.2, 0.25) is 5.91 Å². The molecule has 3 aromatic rings. The summed E-state index contributed by atoms with van der Waals surface area (Å²) in [4.78, 5) is 25.7. The normalized spacial score (nSPS) is 17.2. The number of hydrogen-bond donors (Lipinski definition) is 1. The van der Waals surface area contributed by atoms with Crippen LogP contribution in [0.2, 0.25) is 0 Å². The molecular weight excluding hydrogens is 394 g/mol. The van der Waals surface area contributed by atoms with Crippen LogP contribution in [-0.2, 0) is 4.79 Å². The van der Waals surface area contributed by atoms with Gasteiger partial charge in [0.1, 0.15) is 23.7 Å². The maximum absolute atomic E-state index is 12.8. The second-order valence-corrected chi connectivity index (χ2v) is 7.96. The number of amides is 1. The molecule has 2 aliphatic rings. The van der Waals surface area contributed by atoms with Crippen LogP contribution in [0.4, 0.5) is 17.5 Å². The van der Waals surface area contributed by atoms with E-state index in [1.807, 2.05) is 30.3 Å². The van der Waals surface area contributed by atoms with Crippen molar-refractivity contribution in [3.63, 3.8) is 0 Å². The quantitative estimate of drug-likeness (QED) is 0.674. The van der Waals surface area contributed by atoms with Crippen LogP contribution in [0.5, 0.6) is 0 Å². The molecule has 2 aliphatic heterocycles. The predicted octanol–water partition coefficient (Wildman–Crippen LogP) is 2.98. The van der Waals surface area contributed by atoms with Crippen molar-refractivity contribution in [3.8, 4) is 11.5 Å². The summed E-state index contributed by atoms with van der Waals surface area (Å²) in [6, 6.07) is 9.42. The number of rotatable bonds is 5. The molecule has 3 aromatic heterocycles. The highest BCUT2D eigenvalue weighted by Crippen LogP contribution is 2.25. The SMILES string of the molecule is O=C(Nc1cc(N2CCCC2)ncn1)C1CCN(c2ccc(-c3ccco3)nn2)CC1. The van der Waals surface area contributed by atoms with Crippen molar-refractivity contribution in [3.05, 3.63) is 42.9 Å². The average molecular weight is 419 g/mol. The average Bonchev–Trinajstić information content (AvgIpc) is 3.54. The highest BCUT2D eigenvalue weighted by Gasteiger charge is 2.26. The van der Waals surface area contributed by atoms with E-state index in [0.29, 0.717) is 17.3 Å². The van der Waals surface area contributed by atoms with E-state index < -0.39 is 0 Å². The van der Waals surface area contributed by atoms with Gasteiger partial charge in [-0.3, -0.25) is 4.79 Å². The lowest BCUT2D eigenvalue weighted by Gasteiger charge is -2.31. The number of carbonyl (C=O) groups is 1. The molecule has 0 atom stereocenters.